The van der Waals surface area contributed by atoms with E-state index in [0.29, 0.717) is 13.1 Å². The van der Waals surface area contributed by atoms with Crippen molar-refractivity contribution in [1.82, 2.24) is 19.7 Å². The first-order valence-electron chi connectivity index (χ1n) is 11.1. The van der Waals surface area contributed by atoms with E-state index in [1.165, 1.54) is 23.1 Å². The van der Waals surface area contributed by atoms with Gasteiger partial charge in [-0.25, -0.2) is 0 Å². The third kappa shape index (κ3) is 4.87. The van der Waals surface area contributed by atoms with E-state index in [9.17, 15) is 22.8 Å². The number of hydrogen-bond acceptors (Lipinski definition) is 4. The Labute approximate surface area is 185 Å². The number of piperazine rings is 1. The SMILES string of the molecule is O=C(CN1CCN(C(=O)c2cnc3ccccc3c2C(F)(F)F)CC1)N1CCCCCC1. The number of fused-ring (bicyclic) bond motifs is 1. The standard InChI is InChI=1S/C23H27F3N4O2/c24-23(25,26)21-17-7-3-4-8-19(17)27-15-18(21)22(32)30-13-11-28(12-14-30)16-20(31)29-9-5-1-2-6-10-29/h3-4,7-8,15H,1-2,5-6,9-14,16H2. The van der Waals surface area contributed by atoms with Gasteiger partial charge in [0.1, 0.15) is 0 Å². The first kappa shape index (κ1) is 22.5. The highest BCUT2D eigenvalue weighted by Gasteiger charge is 2.39. The fourth-order valence-electron chi connectivity index (χ4n) is 4.50. The van der Waals surface area contributed by atoms with Gasteiger partial charge in [-0.1, -0.05) is 31.0 Å². The van der Waals surface area contributed by atoms with Crippen LogP contribution in [0.5, 0.6) is 0 Å². The molecule has 2 fully saturated rings. The molecule has 1 aromatic carbocycles. The van der Waals surface area contributed by atoms with Crippen LogP contribution in [0.1, 0.15) is 41.6 Å². The topological polar surface area (TPSA) is 56.8 Å². The largest absolute Gasteiger partial charge is 0.417 e. The minimum atomic E-state index is -4.67. The molecule has 0 aliphatic carbocycles. The molecule has 0 bridgehead atoms. The molecule has 9 heteroatoms. The summed E-state index contributed by atoms with van der Waals surface area (Å²) in [4.78, 5) is 35.0. The summed E-state index contributed by atoms with van der Waals surface area (Å²) in [5, 5.41) is -0.0764. The van der Waals surface area contributed by atoms with Gasteiger partial charge in [0.15, 0.2) is 0 Å². The summed E-state index contributed by atoms with van der Waals surface area (Å²) in [5.74, 6) is -0.584. The number of alkyl halides is 3. The van der Waals surface area contributed by atoms with Crippen molar-refractivity contribution >= 4 is 22.7 Å². The Morgan fingerprint density at radius 1 is 0.875 bits per heavy atom. The molecular weight excluding hydrogens is 421 g/mol. The van der Waals surface area contributed by atoms with Crippen LogP contribution in [0.15, 0.2) is 30.5 Å². The molecule has 6 nitrogen and oxygen atoms in total. The maximum atomic E-state index is 13.9. The molecular formula is C23H27F3N4O2. The molecule has 0 radical (unpaired) electrons. The van der Waals surface area contributed by atoms with Crippen molar-refractivity contribution < 1.29 is 22.8 Å². The molecule has 3 heterocycles. The molecule has 172 valence electrons. The highest BCUT2D eigenvalue weighted by molar-refractivity contribution is 6.00. The van der Waals surface area contributed by atoms with Gasteiger partial charge in [0.25, 0.3) is 5.91 Å². The van der Waals surface area contributed by atoms with Crippen LogP contribution in [0.2, 0.25) is 0 Å². The second-order valence-corrected chi connectivity index (χ2v) is 8.43. The number of pyridine rings is 1. The molecule has 0 saturated carbocycles. The van der Waals surface area contributed by atoms with Gasteiger partial charge in [-0.2, -0.15) is 13.2 Å². The van der Waals surface area contributed by atoms with E-state index in [0.717, 1.165) is 45.0 Å². The number of hydrogen-bond donors (Lipinski definition) is 0. The van der Waals surface area contributed by atoms with Crippen LogP contribution in [0.4, 0.5) is 13.2 Å². The van der Waals surface area contributed by atoms with Gasteiger partial charge >= 0.3 is 6.18 Å². The van der Waals surface area contributed by atoms with E-state index in [1.807, 2.05) is 9.80 Å². The molecule has 0 atom stereocenters. The van der Waals surface area contributed by atoms with Gasteiger partial charge < -0.3 is 9.80 Å². The predicted molar refractivity (Wildman–Crippen MR) is 114 cm³/mol. The zero-order chi connectivity index (χ0) is 22.7. The molecule has 1 aromatic heterocycles. The van der Waals surface area contributed by atoms with Crippen LogP contribution in [0, 0.1) is 0 Å². The number of benzene rings is 1. The Bertz CT molecular complexity index is 979. The summed E-state index contributed by atoms with van der Waals surface area (Å²) in [7, 11) is 0. The number of likely N-dealkylation sites (tertiary alicyclic amines) is 1. The zero-order valence-corrected chi connectivity index (χ0v) is 17.9. The van der Waals surface area contributed by atoms with Crippen molar-refractivity contribution in [3.8, 4) is 0 Å². The van der Waals surface area contributed by atoms with Gasteiger partial charge in [0.2, 0.25) is 5.91 Å². The van der Waals surface area contributed by atoms with Gasteiger partial charge in [-0.15, -0.1) is 0 Å². The third-order valence-corrected chi connectivity index (χ3v) is 6.27. The second kappa shape index (κ2) is 9.44. The number of rotatable bonds is 3. The fraction of sp³-hybridized carbons (Fsp3) is 0.522. The van der Waals surface area contributed by atoms with Crippen LogP contribution in [0.3, 0.4) is 0 Å². The lowest BCUT2D eigenvalue weighted by Gasteiger charge is -2.35. The average Bonchev–Trinajstić information content (AvgIpc) is 3.07. The summed E-state index contributed by atoms with van der Waals surface area (Å²) >= 11 is 0. The Morgan fingerprint density at radius 3 is 2.19 bits per heavy atom. The Hall–Kier alpha value is -2.68. The summed E-state index contributed by atoms with van der Waals surface area (Å²) in [6.45, 7) is 3.31. The van der Waals surface area contributed by atoms with Crippen molar-refractivity contribution in [3.05, 3.63) is 41.6 Å². The molecule has 2 amide bonds. The van der Waals surface area contributed by atoms with Crippen molar-refractivity contribution in [2.45, 2.75) is 31.9 Å². The van der Waals surface area contributed by atoms with Crippen LogP contribution in [-0.4, -0.2) is 77.3 Å². The van der Waals surface area contributed by atoms with E-state index < -0.39 is 23.2 Å². The van der Waals surface area contributed by atoms with Gasteiger partial charge in [-0.05, 0) is 18.9 Å². The van der Waals surface area contributed by atoms with E-state index in [-0.39, 0.29) is 36.4 Å². The molecule has 2 aliphatic rings. The van der Waals surface area contributed by atoms with Crippen molar-refractivity contribution in [3.63, 3.8) is 0 Å². The monoisotopic (exact) mass is 448 g/mol. The number of carbonyl (C=O) groups is 2. The Kier molecular flexibility index (Phi) is 6.64. The zero-order valence-electron chi connectivity index (χ0n) is 17.9. The number of halogens is 3. The van der Waals surface area contributed by atoms with Crippen LogP contribution >= 0.6 is 0 Å². The Morgan fingerprint density at radius 2 is 1.53 bits per heavy atom. The van der Waals surface area contributed by atoms with Gasteiger partial charge in [-0.3, -0.25) is 19.5 Å². The first-order valence-corrected chi connectivity index (χ1v) is 11.1. The highest BCUT2D eigenvalue weighted by Crippen LogP contribution is 2.37. The van der Waals surface area contributed by atoms with Crippen LogP contribution < -0.4 is 0 Å². The minimum Gasteiger partial charge on any atom is -0.342 e. The van der Waals surface area contributed by atoms with Crippen molar-refractivity contribution in [1.29, 1.82) is 0 Å². The summed E-state index contributed by atoms with van der Waals surface area (Å²) < 4.78 is 41.6. The van der Waals surface area contributed by atoms with Crippen LogP contribution in [-0.2, 0) is 11.0 Å². The van der Waals surface area contributed by atoms with Crippen molar-refractivity contribution in [2.24, 2.45) is 0 Å². The normalized spacial score (nSPS) is 18.6. The summed E-state index contributed by atoms with van der Waals surface area (Å²) in [6, 6.07) is 5.96. The van der Waals surface area contributed by atoms with E-state index in [2.05, 4.69) is 4.98 Å². The lowest BCUT2D eigenvalue weighted by Crippen LogP contribution is -2.51. The quantitative estimate of drug-likeness (QED) is 0.722. The number of para-hydroxylation sites is 1. The molecule has 32 heavy (non-hydrogen) atoms. The first-order chi connectivity index (χ1) is 15.3. The van der Waals surface area contributed by atoms with Gasteiger partial charge in [0.05, 0.1) is 23.2 Å². The fourth-order valence-corrected chi connectivity index (χ4v) is 4.50. The second-order valence-electron chi connectivity index (χ2n) is 8.43. The Balaban J connectivity index is 1.44. The number of amides is 2. The maximum absolute atomic E-state index is 13.9. The number of nitrogens with zero attached hydrogens (tertiary/aromatic N) is 4. The van der Waals surface area contributed by atoms with E-state index in [4.69, 9.17) is 0 Å². The molecule has 2 aromatic rings. The molecule has 0 spiro atoms. The van der Waals surface area contributed by atoms with E-state index >= 15 is 0 Å². The minimum absolute atomic E-state index is 0.0764. The molecule has 0 unspecified atom stereocenters. The van der Waals surface area contributed by atoms with Crippen LogP contribution in [0.25, 0.3) is 10.9 Å². The molecule has 2 saturated heterocycles. The predicted octanol–water partition coefficient (Wildman–Crippen LogP) is 3.41. The molecule has 0 N–H and O–H groups in total. The maximum Gasteiger partial charge on any atom is 0.417 e. The third-order valence-electron chi connectivity index (χ3n) is 6.27. The smallest absolute Gasteiger partial charge is 0.342 e. The average molecular weight is 448 g/mol. The summed E-state index contributed by atoms with van der Waals surface area (Å²) in [5.41, 5.74) is -1.16. The number of carbonyl (C=O) groups excluding carboxylic acids is 2. The number of aromatic nitrogens is 1. The molecule has 4 rings (SSSR count). The molecule has 2 aliphatic heterocycles. The lowest BCUT2D eigenvalue weighted by atomic mass is 10.0. The van der Waals surface area contributed by atoms with Crippen molar-refractivity contribution in [2.75, 3.05) is 45.8 Å². The van der Waals surface area contributed by atoms with E-state index in [1.54, 1.807) is 6.07 Å². The lowest BCUT2D eigenvalue weighted by molar-refractivity contribution is -0.137. The highest BCUT2D eigenvalue weighted by atomic mass is 19.4. The summed E-state index contributed by atoms with van der Waals surface area (Å²) in [6.07, 6.45) is 0.699. The van der Waals surface area contributed by atoms with Gasteiger partial charge in [0, 0.05) is 50.9 Å².